The van der Waals surface area contributed by atoms with Crippen molar-refractivity contribution in [2.75, 3.05) is 11.5 Å². The van der Waals surface area contributed by atoms with Gasteiger partial charge in [-0.2, -0.15) is 0 Å². The average Bonchev–Trinajstić information content (AvgIpc) is 2.91. The maximum atomic E-state index is 12.0. The standard InChI is InChI=1S/C17H20ClNO6S/c1-11(17(22)19-14-8-9-26(23,24)10-14)25-16(21)7-6-15(20)12-2-4-13(18)5-3-12/h2-5,11,14H,6-10H2,1H3,(H,19,22)/t11-,14+/m0/s1. The van der Waals surface area contributed by atoms with Gasteiger partial charge >= 0.3 is 5.97 Å². The van der Waals surface area contributed by atoms with Crippen molar-refractivity contribution >= 4 is 39.1 Å². The zero-order chi connectivity index (χ0) is 19.3. The summed E-state index contributed by atoms with van der Waals surface area (Å²) in [4.78, 5) is 35.8. The van der Waals surface area contributed by atoms with Gasteiger partial charge in [-0.25, -0.2) is 8.42 Å². The molecule has 142 valence electrons. The second-order valence-electron chi connectivity index (χ2n) is 6.17. The van der Waals surface area contributed by atoms with Crippen LogP contribution in [0.2, 0.25) is 5.02 Å². The lowest BCUT2D eigenvalue weighted by atomic mass is 10.1. The Balaban J connectivity index is 1.75. The van der Waals surface area contributed by atoms with Gasteiger partial charge < -0.3 is 10.1 Å². The van der Waals surface area contributed by atoms with E-state index in [0.29, 0.717) is 17.0 Å². The Bertz CT molecular complexity index is 790. The van der Waals surface area contributed by atoms with Crippen LogP contribution in [0.3, 0.4) is 0 Å². The highest BCUT2D eigenvalue weighted by Gasteiger charge is 2.30. The number of benzene rings is 1. The molecule has 1 aliphatic heterocycles. The molecule has 0 unspecified atom stereocenters. The Morgan fingerprint density at radius 3 is 2.46 bits per heavy atom. The fourth-order valence-electron chi connectivity index (χ4n) is 2.53. The number of ether oxygens (including phenoxy) is 1. The number of esters is 1. The number of hydrogen-bond acceptors (Lipinski definition) is 6. The van der Waals surface area contributed by atoms with Gasteiger partial charge in [-0.1, -0.05) is 11.6 Å². The number of carbonyl (C=O) groups is 3. The molecule has 2 atom stereocenters. The van der Waals surface area contributed by atoms with Gasteiger partial charge in [-0.05, 0) is 37.6 Å². The Morgan fingerprint density at radius 1 is 1.23 bits per heavy atom. The molecule has 0 spiro atoms. The van der Waals surface area contributed by atoms with E-state index in [1.807, 2.05) is 0 Å². The van der Waals surface area contributed by atoms with Crippen LogP contribution in [-0.4, -0.2) is 49.7 Å². The molecule has 1 aliphatic rings. The molecule has 1 aromatic carbocycles. The van der Waals surface area contributed by atoms with Crippen molar-refractivity contribution < 1.29 is 27.5 Å². The predicted molar refractivity (Wildman–Crippen MR) is 95.8 cm³/mol. The van der Waals surface area contributed by atoms with E-state index >= 15 is 0 Å². The largest absolute Gasteiger partial charge is 0.453 e. The van der Waals surface area contributed by atoms with Crippen molar-refractivity contribution in [1.29, 1.82) is 0 Å². The molecule has 0 radical (unpaired) electrons. The summed E-state index contributed by atoms with van der Waals surface area (Å²) in [7, 11) is -3.11. The summed E-state index contributed by atoms with van der Waals surface area (Å²) >= 11 is 5.75. The summed E-state index contributed by atoms with van der Waals surface area (Å²) in [5.41, 5.74) is 0.440. The van der Waals surface area contributed by atoms with E-state index in [9.17, 15) is 22.8 Å². The van der Waals surface area contributed by atoms with E-state index in [4.69, 9.17) is 16.3 Å². The smallest absolute Gasteiger partial charge is 0.307 e. The molecule has 1 aromatic rings. The number of Topliss-reactive ketones (excluding diaryl/α,β-unsaturated/α-hetero) is 1. The fraction of sp³-hybridized carbons (Fsp3) is 0.471. The van der Waals surface area contributed by atoms with Crippen molar-refractivity contribution in [2.24, 2.45) is 0 Å². The lowest BCUT2D eigenvalue weighted by Crippen LogP contribution is -2.42. The Morgan fingerprint density at radius 2 is 1.88 bits per heavy atom. The van der Waals surface area contributed by atoms with Gasteiger partial charge in [0.1, 0.15) is 0 Å². The predicted octanol–water partition coefficient (Wildman–Crippen LogP) is 1.54. The van der Waals surface area contributed by atoms with Gasteiger partial charge in [0.25, 0.3) is 5.91 Å². The number of amides is 1. The minimum Gasteiger partial charge on any atom is -0.453 e. The first kappa shape index (κ1) is 20.4. The van der Waals surface area contributed by atoms with Gasteiger partial charge in [0.15, 0.2) is 21.7 Å². The minimum atomic E-state index is -3.11. The summed E-state index contributed by atoms with van der Waals surface area (Å²) in [5, 5.41) is 3.07. The minimum absolute atomic E-state index is 0.0406. The number of carbonyl (C=O) groups excluding carboxylic acids is 3. The third kappa shape index (κ3) is 6.10. The van der Waals surface area contributed by atoms with Gasteiger partial charge in [0.05, 0.1) is 17.9 Å². The Labute approximate surface area is 157 Å². The van der Waals surface area contributed by atoms with Crippen molar-refractivity contribution in [3.05, 3.63) is 34.9 Å². The first-order chi connectivity index (χ1) is 12.2. The van der Waals surface area contributed by atoms with Crippen LogP contribution in [0, 0.1) is 0 Å². The van der Waals surface area contributed by atoms with Crippen molar-refractivity contribution in [3.63, 3.8) is 0 Å². The van der Waals surface area contributed by atoms with Crippen LogP contribution in [0.25, 0.3) is 0 Å². The Hall–Kier alpha value is -1.93. The number of rotatable bonds is 7. The molecular weight excluding hydrogens is 382 g/mol. The van der Waals surface area contributed by atoms with Crippen LogP contribution in [0.15, 0.2) is 24.3 Å². The SMILES string of the molecule is C[C@H](OC(=O)CCC(=O)c1ccc(Cl)cc1)C(=O)N[C@@H]1CCS(=O)(=O)C1. The second-order valence-corrected chi connectivity index (χ2v) is 8.84. The van der Waals surface area contributed by atoms with Crippen molar-refractivity contribution in [3.8, 4) is 0 Å². The zero-order valence-corrected chi connectivity index (χ0v) is 15.8. The zero-order valence-electron chi connectivity index (χ0n) is 14.2. The summed E-state index contributed by atoms with van der Waals surface area (Å²) in [6.45, 7) is 1.40. The van der Waals surface area contributed by atoms with Crippen LogP contribution < -0.4 is 5.32 Å². The van der Waals surface area contributed by atoms with Crippen molar-refractivity contribution in [1.82, 2.24) is 5.32 Å². The Kier molecular flexibility index (Phi) is 6.77. The third-order valence-corrected chi connectivity index (χ3v) is 6.00. The van der Waals surface area contributed by atoms with Crippen LogP contribution in [-0.2, 0) is 24.2 Å². The molecule has 0 saturated carbocycles. The number of hydrogen-bond donors (Lipinski definition) is 1. The van der Waals surface area contributed by atoms with Crippen molar-refractivity contribution in [2.45, 2.75) is 38.3 Å². The van der Waals surface area contributed by atoms with Gasteiger partial charge in [-0.3, -0.25) is 14.4 Å². The molecule has 2 rings (SSSR count). The van der Waals surface area contributed by atoms with E-state index in [1.165, 1.54) is 6.92 Å². The maximum Gasteiger partial charge on any atom is 0.307 e. The number of halogens is 1. The molecule has 7 nitrogen and oxygen atoms in total. The first-order valence-corrected chi connectivity index (χ1v) is 10.4. The van der Waals surface area contributed by atoms with Gasteiger partial charge in [0, 0.05) is 23.0 Å². The molecule has 1 amide bonds. The monoisotopic (exact) mass is 401 g/mol. The molecule has 1 heterocycles. The van der Waals surface area contributed by atoms with Gasteiger partial charge in [-0.15, -0.1) is 0 Å². The van der Waals surface area contributed by atoms with E-state index < -0.39 is 33.9 Å². The quantitative estimate of drug-likeness (QED) is 0.548. The van der Waals surface area contributed by atoms with E-state index in [0.717, 1.165) is 0 Å². The summed E-state index contributed by atoms with van der Waals surface area (Å²) in [6.07, 6.45) is -0.909. The molecule has 9 heteroatoms. The molecular formula is C17H20ClNO6S. The molecule has 1 saturated heterocycles. The van der Waals surface area contributed by atoms with E-state index in [2.05, 4.69) is 5.32 Å². The van der Waals surface area contributed by atoms with Crippen LogP contribution in [0.1, 0.15) is 36.5 Å². The highest BCUT2D eigenvalue weighted by atomic mass is 35.5. The highest BCUT2D eigenvalue weighted by Crippen LogP contribution is 2.13. The molecule has 0 bridgehead atoms. The topological polar surface area (TPSA) is 107 Å². The third-order valence-electron chi connectivity index (χ3n) is 3.98. The lowest BCUT2D eigenvalue weighted by Gasteiger charge is -2.16. The fourth-order valence-corrected chi connectivity index (χ4v) is 4.33. The average molecular weight is 402 g/mol. The maximum absolute atomic E-state index is 12.0. The van der Waals surface area contributed by atoms with Gasteiger partial charge in [0.2, 0.25) is 0 Å². The lowest BCUT2D eigenvalue weighted by molar-refractivity contribution is -0.154. The number of ketones is 1. The normalized spacial score (nSPS) is 19.5. The molecule has 1 N–H and O–H groups in total. The molecule has 0 aromatic heterocycles. The first-order valence-electron chi connectivity index (χ1n) is 8.15. The molecule has 0 aliphatic carbocycles. The summed E-state index contributed by atoms with van der Waals surface area (Å²) in [5.74, 6) is -1.51. The second kappa shape index (κ2) is 8.64. The summed E-state index contributed by atoms with van der Waals surface area (Å²) < 4.78 is 27.8. The highest BCUT2D eigenvalue weighted by molar-refractivity contribution is 7.91. The van der Waals surface area contributed by atoms with Crippen LogP contribution >= 0.6 is 11.6 Å². The van der Waals surface area contributed by atoms with E-state index in [1.54, 1.807) is 24.3 Å². The summed E-state index contributed by atoms with van der Waals surface area (Å²) in [6, 6.07) is 5.86. The van der Waals surface area contributed by atoms with Crippen LogP contribution in [0.5, 0.6) is 0 Å². The number of nitrogens with one attached hydrogen (secondary N) is 1. The van der Waals surface area contributed by atoms with E-state index in [-0.39, 0.29) is 30.1 Å². The molecule has 26 heavy (non-hydrogen) atoms. The molecule has 1 fully saturated rings. The number of sulfone groups is 1. The van der Waals surface area contributed by atoms with Crippen LogP contribution in [0.4, 0.5) is 0 Å².